The molecule has 0 saturated carbocycles. The average molecular weight is 312 g/mol. The Bertz CT molecular complexity index is 735. The molecule has 3 heteroatoms. The summed E-state index contributed by atoms with van der Waals surface area (Å²) >= 11 is 0. The maximum absolute atomic E-state index is 13.8. The summed E-state index contributed by atoms with van der Waals surface area (Å²) in [5.41, 5.74) is 1.91. The Kier molecular flexibility index (Phi) is 3.97. The quantitative estimate of drug-likeness (QED) is 0.758. The molecule has 1 aliphatic rings. The van der Waals surface area contributed by atoms with Crippen LogP contribution in [0.4, 0.5) is 0 Å². The lowest BCUT2D eigenvalue weighted by Crippen LogP contribution is -2.10. The van der Waals surface area contributed by atoms with Gasteiger partial charge in [-0.2, -0.15) is 0 Å². The Morgan fingerprint density at radius 3 is 2.09 bits per heavy atom. The van der Waals surface area contributed by atoms with Crippen LogP contribution in [0.15, 0.2) is 66.4 Å². The maximum Gasteiger partial charge on any atom is 0.127 e. The van der Waals surface area contributed by atoms with Gasteiger partial charge in [0.25, 0.3) is 0 Å². The van der Waals surface area contributed by atoms with Crippen molar-refractivity contribution < 1.29 is 9.67 Å². The molecular weight excluding hydrogens is 291 g/mol. The van der Waals surface area contributed by atoms with E-state index in [1.807, 2.05) is 74.5 Å². The first-order valence-corrected chi connectivity index (χ1v) is 9.62. The van der Waals surface area contributed by atoms with Crippen molar-refractivity contribution >= 4 is 12.5 Å². The summed E-state index contributed by atoms with van der Waals surface area (Å²) in [5.74, 6) is 0.239. The first kappa shape index (κ1) is 15.1. The van der Waals surface area contributed by atoms with Crippen molar-refractivity contribution in [3.63, 3.8) is 0 Å². The van der Waals surface area contributed by atoms with Gasteiger partial charge >= 0.3 is 0 Å². The van der Waals surface area contributed by atoms with E-state index in [1.165, 1.54) is 0 Å². The van der Waals surface area contributed by atoms with Crippen LogP contribution >= 0.6 is 7.14 Å². The largest absolute Gasteiger partial charge is 0.511 e. The van der Waals surface area contributed by atoms with E-state index in [9.17, 15) is 9.67 Å². The van der Waals surface area contributed by atoms with Crippen molar-refractivity contribution in [3.8, 4) is 0 Å². The summed E-state index contributed by atoms with van der Waals surface area (Å²) in [6.07, 6.45) is 0.508. The fourth-order valence-electron chi connectivity index (χ4n) is 3.24. The highest BCUT2D eigenvalue weighted by Crippen LogP contribution is 2.71. The molecule has 1 aliphatic heterocycles. The Labute approximate surface area is 131 Å². The van der Waals surface area contributed by atoms with Gasteiger partial charge < -0.3 is 9.67 Å². The minimum atomic E-state index is -2.70. The summed E-state index contributed by atoms with van der Waals surface area (Å²) in [5, 5.41) is 11.3. The van der Waals surface area contributed by atoms with Crippen LogP contribution in [-0.4, -0.2) is 10.8 Å². The minimum absolute atomic E-state index is 0.0390. The molecule has 0 radical (unpaired) electrons. The zero-order chi connectivity index (χ0) is 15.7. The molecule has 0 spiro atoms. The molecular formula is C19H21O2P. The molecule has 114 valence electrons. The van der Waals surface area contributed by atoms with E-state index >= 15 is 0 Å². The number of hydrogen-bond donors (Lipinski definition) is 1. The van der Waals surface area contributed by atoms with Crippen LogP contribution in [-0.2, 0) is 10.7 Å². The molecule has 0 bridgehead atoms. The first-order chi connectivity index (χ1) is 10.5. The van der Waals surface area contributed by atoms with Crippen molar-refractivity contribution in [2.24, 2.45) is 5.92 Å². The minimum Gasteiger partial charge on any atom is -0.511 e. The van der Waals surface area contributed by atoms with E-state index in [1.54, 1.807) is 0 Å². The maximum atomic E-state index is 13.8. The van der Waals surface area contributed by atoms with Crippen LogP contribution in [0.25, 0.3) is 5.31 Å². The van der Waals surface area contributed by atoms with Crippen LogP contribution in [0.5, 0.6) is 0 Å². The molecule has 0 fully saturated rings. The normalized spacial score (nSPS) is 28.1. The van der Waals surface area contributed by atoms with Gasteiger partial charge in [-0.3, -0.25) is 0 Å². The van der Waals surface area contributed by atoms with E-state index in [2.05, 4.69) is 0 Å². The van der Waals surface area contributed by atoms with Crippen molar-refractivity contribution in [2.45, 2.75) is 25.7 Å². The molecule has 1 N–H and O–H groups in total. The third kappa shape index (κ3) is 2.42. The van der Waals surface area contributed by atoms with Gasteiger partial charge in [0.2, 0.25) is 0 Å². The van der Waals surface area contributed by atoms with Crippen LogP contribution in [0.2, 0.25) is 0 Å². The van der Waals surface area contributed by atoms with Gasteiger partial charge in [0.05, 0.1) is 5.31 Å². The van der Waals surface area contributed by atoms with Crippen molar-refractivity contribution in [1.82, 2.24) is 0 Å². The van der Waals surface area contributed by atoms with Crippen molar-refractivity contribution in [1.29, 1.82) is 0 Å². The van der Waals surface area contributed by atoms with E-state index in [-0.39, 0.29) is 11.6 Å². The average Bonchev–Trinajstić information content (AvgIpc) is 2.70. The zero-order valence-electron chi connectivity index (χ0n) is 12.9. The summed E-state index contributed by atoms with van der Waals surface area (Å²) in [4.78, 5) is 0. The summed E-state index contributed by atoms with van der Waals surface area (Å²) in [6.45, 7) is 3.97. The molecule has 0 aliphatic carbocycles. The van der Waals surface area contributed by atoms with Gasteiger partial charge in [-0.15, -0.1) is 0 Å². The number of benzene rings is 2. The smallest absolute Gasteiger partial charge is 0.127 e. The van der Waals surface area contributed by atoms with Gasteiger partial charge in [-0.1, -0.05) is 74.5 Å². The number of rotatable bonds is 3. The van der Waals surface area contributed by atoms with Crippen LogP contribution in [0.3, 0.4) is 0 Å². The second kappa shape index (κ2) is 5.78. The molecule has 0 amide bonds. The topological polar surface area (TPSA) is 37.3 Å². The van der Waals surface area contributed by atoms with E-state index < -0.39 is 7.14 Å². The molecule has 3 atom stereocenters. The SMILES string of the molecule is CC1C(O)=C(c2ccccc2)P(=O)(Cc2ccccc2)C1C. The number of hydrogen-bond acceptors (Lipinski definition) is 2. The number of allylic oxidation sites excluding steroid dienone is 1. The Morgan fingerprint density at radius 1 is 0.955 bits per heavy atom. The molecule has 22 heavy (non-hydrogen) atoms. The second-order valence-corrected chi connectivity index (χ2v) is 9.24. The fourth-order valence-corrected chi connectivity index (χ4v) is 6.89. The third-order valence-corrected chi connectivity index (χ3v) is 8.58. The lowest BCUT2D eigenvalue weighted by Gasteiger charge is -2.22. The van der Waals surface area contributed by atoms with E-state index in [4.69, 9.17) is 0 Å². The van der Waals surface area contributed by atoms with Gasteiger partial charge in [0, 0.05) is 17.7 Å². The lowest BCUT2D eigenvalue weighted by molar-refractivity contribution is 0.347. The number of aliphatic hydroxyl groups excluding tert-OH is 1. The van der Waals surface area contributed by atoms with Crippen LogP contribution < -0.4 is 0 Å². The van der Waals surface area contributed by atoms with Gasteiger partial charge in [0.1, 0.15) is 12.9 Å². The highest BCUT2D eigenvalue weighted by molar-refractivity contribution is 7.74. The van der Waals surface area contributed by atoms with Crippen LogP contribution in [0, 0.1) is 5.92 Å². The summed E-state index contributed by atoms with van der Waals surface area (Å²) < 4.78 is 13.8. The Hall–Kier alpha value is -1.79. The van der Waals surface area contributed by atoms with Crippen molar-refractivity contribution in [3.05, 3.63) is 77.5 Å². The fraction of sp³-hybridized carbons (Fsp3) is 0.263. The highest BCUT2D eigenvalue weighted by atomic mass is 31.2. The predicted molar refractivity (Wildman–Crippen MR) is 92.4 cm³/mol. The predicted octanol–water partition coefficient (Wildman–Crippen LogP) is 5.51. The van der Waals surface area contributed by atoms with Crippen molar-refractivity contribution in [2.75, 3.05) is 0 Å². The van der Waals surface area contributed by atoms with Crippen LogP contribution in [0.1, 0.15) is 25.0 Å². The molecule has 2 nitrogen and oxygen atoms in total. The summed E-state index contributed by atoms with van der Waals surface area (Å²) in [7, 11) is -2.70. The molecule has 0 aromatic heterocycles. The van der Waals surface area contributed by atoms with E-state index in [0.717, 1.165) is 11.1 Å². The highest BCUT2D eigenvalue weighted by Gasteiger charge is 2.47. The second-order valence-electron chi connectivity index (χ2n) is 6.07. The third-order valence-electron chi connectivity index (χ3n) is 4.74. The monoisotopic (exact) mass is 312 g/mol. The van der Waals surface area contributed by atoms with Gasteiger partial charge in [-0.05, 0) is 11.1 Å². The Morgan fingerprint density at radius 2 is 1.50 bits per heavy atom. The first-order valence-electron chi connectivity index (χ1n) is 7.66. The standard InChI is InChI=1S/C19H21O2P/c1-14-15(2)22(21,13-16-9-5-3-6-10-16)19(18(14)20)17-11-7-4-8-12-17/h3-12,14-15,20H,13H2,1-2H3. The molecule has 0 saturated heterocycles. The molecule has 2 aromatic rings. The Balaban J connectivity index is 2.10. The molecule has 3 rings (SSSR count). The van der Waals surface area contributed by atoms with E-state index in [0.29, 0.717) is 17.2 Å². The lowest BCUT2D eigenvalue weighted by atomic mass is 10.0. The van der Waals surface area contributed by atoms with Gasteiger partial charge in [-0.25, -0.2) is 0 Å². The molecule has 1 heterocycles. The molecule has 2 aromatic carbocycles. The summed E-state index contributed by atoms with van der Waals surface area (Å²) in [6, 6.07) is 19.6. The zero-order valence-corrected chi connectivity index (χ0v) is 13.8. The van der Waals surface area contributed by atoms with Gasteiger partial charge in [0.15, 0.2) is 0 Å². The number of aliphatic hydroxyl groups is 1. The molecule has 3 unspecified atom stereocenters.